The SMILES string of the molecule is CCO[S][Fe]. The first-order valence-electron chi connectivity index (χ1n) is 1.31. The summed E-state index contributed by atoms with van der Waals surface area (Å²) >= 11 is 3.37. The second-order valence-corrected chi connectivity index (χ2v) is 1.37. The Balaban J connectivity index is 2.19. The van der Waals surface area contributed by atoms with Crippen molar-refractivity contribution in [2.24, 2.45) is 0 Å². The zero-order chi connectivity index (χ0) is 4.12. The van der Waals surface area contributed by atoms with Crippen molar-refractivity contribution in [2.45, 2.75) is 6.92 Å². The summed E-state index contributed by atoms with van der Waals surface area (Å²) in [7, 11) is 1.15. The first-order valence-corrected chi connectivity index (χ1v) is 3.28. The van der Waals surface area contributed by atoms with Crippen LogP contribution >= 0.6 is 10.5 Å². The summed E-state index contributed by atoms with van der Waals surface area (Å²) in [6.45, 7) is 2.67. The van der Waals surface area contributed by atoms with E-state index in [1.807, 2.05) is 6.92 Å². The third-order valence-corrected chi connectivity index (χ3v) is 0.869. The fourth-order valence-electron chi connectivity index (χ4n) is 0.0417. The summed E-state index contributed by atoms with van der Waals surface area (Å²) in [5.74, 6) is 0. The van der Waals surface area contributed by atoms with Crippen LogP contribution in [0.15, 0.2) is 0 Å². The second-order valence-electron chi connectivity index (χ2n) is 0.465. The molecule has 0 aromatic carbocycles. The van der Waals surface area contributed by atoms with E-state index in [1.165, 1.54) is 0 Å². The standard InChI is InChI=1S/C2H6OS.Fe/c1-2-3-4;/h4H,2H2,1H3;/q;+1/p-1. The topological polar surface area (TPSA) is 9.23 Å². The number of hydrogen-bond acceptors (Lipinski definition) is 2. The van der Waals surface area contributed by atoms with Gasteiger partial charge in [0.25, 0.3) is 0 Å². The minimum absolute atomic E-state index is 0.744. The average molecular weight is 133 g/mol. The van der Waals surface area contributed by atoms with Crippen LogP contribution < -0.4 is 0 Å². The van der Waals surface area contributed by atoms with Gasteiger partial charge >= 0.3 is 43.1 Å². The van der Waals surface area contributed by atoms with Gasteiger partial charge in [-0.2, -0.15) is 0 Å². The van der Waals surface area contributed by atoms with Gasteiger partial charge in [-0.25, -0.2) is 0 Å². The molecule has 33 valence electrons. The summed E-state index contributed by atoms with van der Waals surface area (Å²) in [6, 6.07) is 0. The monoisotopic (exact) mass is 133 g/mol. The molecule has 0 spiro atoms. The Morgan fingerprint density at radius 2 is 2.60 bits per heavy atom. The van der Waals surface area contributed by atoms with Crippen molar-refractivity contribution in [3.8, 4) is 0 Å². The third kappa shape index (κ3) is 4.83. The zero-order valence-corrected chi connectivity index (χ0v) is 4.80. The van der Waals surface area contributed by atoms with Crippen LogP contribution in [0.1, 0.15) is 6.92 Å². The quantitative estimate of drug-likeness (QED) is 0.412. The maximum atomic E-state index is 4.64. The van der Waals surface area contributed by atoms with Crippen LogP contribution in [0.2, 0.25) is 0 Å². The molecule has 0 aliphatic rings. The molecule has 0 aromatic rings. The first kappa shape index (κ1) is 5.83. The van der Waals surface area contributed by atoms with E-state index in [0.29, 0.717) is 0 Å². The van der Waals surface area contributed by atoms with Crippen molar-refractivity contribution in [1.82, 2.24) is 0 Å². The third-order valence-electron chi connectivity index (χ3n) is 0.160. The van der Waals surface area contributed by atoms with Gasteiger partial charge in [-0.15, -0.1) is 0 Å². The molecule has 0 radical (unpaired) electrons. The summed E-state index contributed by atoms with van der Waals surface area (Å²) in [5.41, 5.74) is 0. The van der Waals surface area contributed by atoms with Gasteiger partial charge in [-0.3, -0.25) is 0 Å². The van der Waals surface area contributed by atoms with E-state index < -0.39 is 0 Å². The summed E-state index contributed by atoms with van der Waals surface area (Å²) in [5, 5.41) is 0. The van der Waals surface area contributed by atoms with E-state index in [-0.39, 0.29) is 0 Å². The van der Waals surface area contributed by atoms with Gasteiger partial charge in [-0.05, 0) is 0 Å². The van der Waals surface area contributed by atoms with Gasteiger partial charge in [0.1, 0.15) is 0 Å². The summed E-state index contributed by atoms with van der Waals surface area (Å²) in [4.78, 5) is 0. The molecule has 0 aromatic heterocycles. The van der Waals surface area contributed by atoms with Gasteiger partial charge in [0, 0.05) is 0 Å². The molecule has 0 heterocycles. The Bertz CT molecular complexity index is 17.1. The van der Waals surface area contributed by atoms with E-state index in [2.05, 4.69) is 19.1 Å². The van der Waals surface area contributed by atoms with E-state index in [9.17, 15) is 0 Å². The Morgan fingerprint density at radius 3 is 2.60 bits per heavy atom. The van der Waals surface area contributed by atoms with Crippen molar-refractivity contribution in [1.29, 1.82) is 0 Å². The van der Waals surface area contributed by atoms with Gasteiger partial charge in [0.2, 0.25) is 0 Å². The van der Waals surface area contributed by atoms with Crippen LogP contribution in [-0.2, 0) is 19.1 Å². The van der Waals surface area contributed by atoms with E-state index in [0.717, 1.165) is 17.1 Å². The van der Waals surface area contributed by atoms with Crippen molar-refractivity contribution in [2.75, 3.05) is 6.61 Å². The summed E-state index contributed by atoms with van der Waals surface area (Å²) < 4.78 is 4.64. The molecular weight excluding hydrogens is 128 g/mol. The molecule has 0 unspecified atom stereocenters. The second kappa shape index (κ2) is 4.83. The molecule has 5 heavy (non-hydrogen) atoms. The van der Waals surface area contributed by atoms with Crippen molar-refractivity contribution < 1.29 is 19.1 Å². The van der Waals surface area contributed by atoms with Crippen LogP contribution in [0.4, 0.5) is 0 Å². The molecule has 0 saturated carbocycles. The molecule has 0 rings (SSSR count). The maximum absolute atomic E-state index is 4.64. The zero-order valence-electron chi connectivity index (χ0n) is 2.88. The predicted molar refractivity (Wildman–Crippen MR) is 19.2 cm³/mol. The molecule has 0 aliphatic carbocycles. The Hall–Kier alpha value is 0.829. The molecule has 0 N–H and O–H groups in total. The number of rotatable bonds is 2. The van der Waals surface area contributed by atoms with Crippen LogP contribution in [0.3, 0.4) is 0 Å². The molecular formula is C2H5FeOS. The van der Waals surface area contributed by atoms with Gasteiger partial charge in [0.15, 0.2) is 0 Å². The van der Waals surface area contributed by atoms with Crippen molar-refractivity contribution >= 4 is 10.5 Å². The fourth-order valence-corrected chi connectivity index (χ4v) is 0.515. The fraction of sp³-hybridized carbons (Fsp3) is 1.00. The molecule has 0 aliphatic heterocycles. The van der Waals surface area contributed by atoms with Gasteiger partial charge in [-0.1, -0.05) is 0 Å². The van der Waals surface area contributed by atoms with E-state index in [4.69, 9.17) is 0 Å². The van der Waals surface area contributed by atoms with E-state index >= 15 is 0 Å². The molecule has 1 nitrogen and oxygen atoms in total. The van der Waals surface area contributed by atoms with Gasteiger partial charge in [0.05, 0.1) is 0 Å². The minimum atomic E-state index is 0.744. The predicted octanol–water partition coefficient (Wildman–Crippen LogP) is 1.13. The number of hydrogen-bond donors (Lipinski definition) is 0. The Kier molecular flexibility index (Phi) is 5.63. The molecule has 3 heteroatoms. The van der Waals surface area contributed by atoms with Crippen LogP contribution in [0, 0.1) is 0 Å². The average Bonchev–Trinajstić information content (AvgIpc) is 1.41. The van der Waals surface area contributed by atoms with Crippen molar-refractivity contribution in [3.05, 3.63) is 0 Å². The molecule has 0 bridgehead atoms. The van der Waals surface area contributed by atoms with Crippen LogP contribution in [0.25, 0.3) is 0 Å². The van der Waals surface area contributed by atoms with Crippen molar-refractivity contribution in [3.63, 3.8) is 0 Å². The summed E-state index contributed by atoms with van der Waals surface area (Å²) in [6.07, 6.45) is 0. The van der Waals surface area contributed by atoms with E-state index in [1.54, 1.807) is 0 Å². The Morgan fingerprint density at radius 1 is 2.00 bits per heavy atom. The molecule has 0 saturated heterocycles. The molecule has 0 fully saturated rings. The van der Waals surface area contributed by atoms with Crippen LogP contribution in [0.5, 0.6) is 0 Å². The van der Waals surface area contributed by atoms with Gasteiger partial charge < -0.3 is 0 Å². The Labute approximate surface area is 43.6 Å². The van der Waals surface area contributed by atoms with Crippen LogP contribution in [-0.4, -0.2) is 6.61 Å². The molecule has 0 atom stereocenters. The normalized spacial score (nSPS) is 8.40. The molecule has 0 amide bonds. The first-order chi connectivity index (χ1) is 2.41.